The molecule has 1 aromatic carbocycles. The van der Waals surface area contributed by atoms with Crippen molar-refractivity contribution in [1.29, 1.82) is 0 Å². The van der Waals surface area contributed by atoms with E-state index >= 15 is 0 Å². The molecule has 5 heteroatoms. The Morgan fingerprint density at radius 2 is 2.22 bits per heavy atom. The molecule has 1 spiro atoms. The van der Waals surface area contributed by atoms with Gasteiger partial charge in [0.25, 0.3) is 5.91 Å². The van der Waals surface area contributed by atoms with Crippen LogP contribution in [0.2, 0.25) is 5.02 Å². The van der Waals surface area contributed by atoms with E-state index in [-0.39, 0.29) is 5.91 Å². The third-order valence-corrected chi connectivity index (χ3v) is 6.08. The fourth-order valence-electron chi connectivity index (χ4n) is 4.66. The fraction of sp³-hybridized carbons (Fsp3) is 0.556. The Morgan fingerprint density at radius 3 is 2.91 bits per heavy atom. The summed E-state index contributed by atoms with van der Waals surface area (Å²) in [5.74, 6) is 2.01. The first-order valence-corrected chi connectivity index (χ1v) is 8.69. The van der Waals surface area contributed by atoms with E-state index in [4.69, 9.17) is 16.6 Å². The average molecular weight is 332 g/mol. The van der Waals surface area contributed by atoms with Gasteiger partial charge in [-0.1, -0.05) is 23.7 Å². The van der Waals surface area contributed by atoms with Crippen molar-refractivity contribution < 1.29 is 4.79 Å². The molecule has 23 heavy (non-hydrogen) atoms. The van der Waals surface area contributed by atoms with Gasteiger partial charge in [0.1, 0.15) is 11.4 Å². The summed E-state index contributed by atoms with van der Waals surface area (Å²) in [4.78, 5) is 21.8. The molecule has 3 atom stereocenters. The predicted octanol–water partition coefficient (Wildman–Crippen LogP) is 2.81. The minimum absolute atomic E-state index is 0.201. The summed E-state index contributed by atoms with van der Waals surface area (Å²) in [7, 11) is 1.85. The number of amides is 1. The molecule has 3 aliphatic rings. The van der Waals surface area contributed by atoms with Gasteiger partial charge in [0, 0.05) is 37.6 Å². The van der Waals surface area contributed by atoms with Crippen LogP contribution in [0.3, 0.4) is 0 Å². The van der Waals surface area contributed by atoms with E-state index in [0.717, 1.165) is 43.3 Å². The van der Waals surface area contributed by atoms with Gasteiger partial charge in [-0.05, 0) is 43.4 Å². The Hall–Kier alpha value is -1.39. The van der Waals surface area contributed by atoms with E-state index in [1.165, 1.54) is 5.56 Å². The van der Waals surface area contributed by atoms with Crippen LogP contribution in [-0.2, 0) is 11.3 Å². The Morgan fingerprint density at radius 1 is 1.39 bits per heavy atom. The summed E-state index contributed by atoms with van der Waals surface area (Å²) >= 11 is 6.09. The molecule has 122 valence electrons. The predicted molar refractivity (Wildman–Crippen MR) is 91.6 cm³/mol. The number of benzene rings is 1. The molecule has 2 fully saturated rings. The van der Waals surface area contributed by atoms with Crippen LogP contribution in [0.1, 0.15) is 25.3 Å². The zero-order valence-electron chi connectivity index (χ0n) is 13.6. The van der Waals surface area contributed by atoms with Crippen LogP contribution in [0.5, 0.6) is 0 Å². The van der Waals surface area contributed by atoms with Crippen molar-refractivity contribution in [3.63, 3.8) is 0 Å². The van der Waals surface area contributed by atoms with Crippen LogP contribution in [0.25, 0.3) is 0 Å². The van der Waals surface area contributed by atoms with E-state index in [2.05, 4.69) is 11.0 Å². The van der Waals surface area contributed by atoms with Crippen molar-refractivity contribution in [3.05, 3.63) is 34.9 Å². The zero-order chi connectivity index (χ0) is 16.2. The lowest BCUT2D eigenvalue weighted by molar-refractivity contribution is -0.131. The van der Waals surface area contributed by atoms with Gasteiger partial charge in [0.15, 0.2) is 0 Å². The molecule has 0 bridgehead atoms. The highest BCUT2D eigenvalue weighted by atomic mass is 35.5. The Balaban J connectivity index is 1.53. The first-order valence-electron chi connectivity index (χ1n) is 8.31. The van der Waals surface area contributed by atoms with Crippen molar-refractivity contribution in [3.8, 4) is 0 Å². The molecule has 2 heterocycles. The third-order valence-electron chi connectivity index (χ3n) is 5.84. The average Bonchev–Trinajstić information content (AvgIpc) is 3.11. The second-order valence-corrected chi connectivity index (χ2v) is 7.61. The summed E-state index contributed by atoms with van der Waals surface area (Å²) in [6, 6.07) is 8.05. The number of amidine groups is 1. The molecule has 4 rings (SSSR count). The molecule has 0 radical (unpaired) electrons. The number of hydrogen-bond donors (Lipinski definition) is 0. The normalized spacial score (nSPS) is 33.6. The van der Waals surface area contributed by atoms with E-state index < -0.39 is 5.54 Å². The smallest absolute Gasteiger partial charge is 0.255 e. The topological polar surface area (TPSA) is 35.9 Å². The number of fused-ring (bicyclic) bond motifs is 2. The molecule has 0 N–H and O–H groups in total. The minimum atomic E-state index is -0.480. The molecular weight excluding hydrogens is 310 g/mol. The maximum absolute atomic E-state index is 12.8. The molecule has 1 saturated carbocycles. The summed E-state index contributed by atoms with van der Waals surface area (Å²) in [6.07, 6.45) is 2.01. The number of halogens is 1. The van der Waals surface area contributed by atoms with Crippen molar-refractivity contribution in [1.82, 2.24) is 9.80 Å². The lowest BCUT2D eigenvalue weighted by Gasteiger charge is -2.27. The molecule has 2 aliphatic heterocycles. The highest BCUT2D eigenvalue weighted by Crippen LogP contribution is 2.50. The molecule has 0 aromatic heterocycles. The number of nitrogens with zero attached hydrogens (tertiary/aromatic N) is 3. The van der Waals surface area contributed by atoms with Gasteiger partial charge in [-0.25, -0.2) is 0 Å². The summed E-state index contributed by atoms with van der Waals surface area (Å²) in [5, 5.41) is 0.784. The second kappa shape index (κ2) is 5.32. The van der Waals surface area contributed by atoms with Crippen LogP contribution in [0, 0.1) is 11.8 Å². The molecule has 4 nitrogen and oxygen atoms in total. The van der Waals surface area contributed by atoms with Crippen molar-refractivity contribution >= 4 is 23.3 Å². The van der Waals surface area contributed by atoms with E-state index in [9.17, 15) is 4.79 Å². The highest BCUT2D eigenvalue weighted by molar-refractivity contribution is 6.30. The van der Waals surface area contributed by atoms with Gasteiger partial charge >= 0.3 is 0 Å². The molecule has 1 aliphatic carbocycles. The minimum Gasteiger partial charge on any atom is -0.302 e. The first-order chi connectivity index (χ1) is 11.0. The van der Waals surface area contributed by atoms with Crippen molar-refractivity contribution in [2.24, 2.45) is 16.8 Å². The number of hydrogen-bond acceptors (Lipinski definition) is 3. The monoisotopic (exact) mass is 331 g/mol. The zero-order valence-corrected chi connectivity index (χ0v) is 14.4. The van der Waals surface area contributed by atoms with Crippen LogP contribution < -0.4 is 0 Å². The van der Waals surface area contributed by atoms with Gasteiger partial charge in [0.05, 0.1) is 0 Å². The lowest BCUT2D eigenvalue weighted by Crippen LogP contribution is -2.45. The number of aliphatic imine (C=N–C) groups is 1. The highest BCUT2D eigenvalue weighted by Gasteiger charge is 2.59. The Kier molecular flexibility index (Phi) is 3.50. The third kappa shape index (κ3) is 2.31. The largest absolute Gasteiger partial charge is 0.302 e. The van der Waals surface area contributed by atoms with Crippen molar-refractivity contribution in [2.45, 2.75) is 31.8 Å². The van der Waals surface area contributed by atoms with Crippen LogP contribution in [-0.4, -0.2) is 47.2 Å². The van der Waals surface area contributed by atoms with Gasteiger partial charge < -0.3 is 4.90 Å². The van der Waals surface area contributed by atoms with E-state index in [1.807, 2.05) is 32.2 Å². The number of likely N-dealkylation sites (N-methyl/N-ethyl adjacent to an activating group) is 1. The second-order valence-electron chi connectivity index (χ2n) is 7.18. The van der Waals surface area contributed by atoms with E-state index in [1.54, 1.807) is 4.90 Å². The number of likely N-dealkylation sites (tertiary alicyclic amines) is 1. The van der Waals surface area contributed by atoms with Gasteiger partial charge in [-0.15, -0.1) is 0 Å². The molecule has 1 aromatic rings. The Labute approximate surface area is 142 Å². The summed E-state index contributed by atoms with van der Waals surface area (Å²) in [5.41, 5.74) is 0.758. The van der Waals surface area contributed by atoms with Crippen LogP contribution in [0.4, 0.5) is 0 Å². The standard InChI is InChI=1S/C18H22ClN3O/c1-12-20-18(17(23)21(12)2)7-6-14-10-22(11-16(14)18)9-13-4-3-5-15(19)8-13/h3-5,8,14,16H,6-7,9-11H2,1-2H3/t14-,16+,18-/m0/s1. The number of carbonyl (C=O) groups excluding carboxylic acids is 1. The molecular formula is C18H22ClN3O. The summed E-state index contributed by atoms with van der Waals surface area (Å²) < 4.78 is 0. The van der Waals surface area contributed by atoms with Gasteiger partial charge in [-0.3, -0.25) is 14.7 Å². The lowest BCUT2D eigenvalue weighted by atomic mass is 9.85. The van der Waals surface area contributed by atoms with Gasteiger partial charge in [0.2, 0.25) is 0 Å². The van der Waals surface area contributed by atoms with Crippen LogP contribution in [0.15, 0.2) is 29.3 Å². The maximum Gasteiger partial charge on any atom is 0.255 e. The Bertz CT molecular complexity index is 689. The number of rotatable bonds is 2. The number of carbonyl (C=O) groups is 1. The van der Waals surface area contributed by atoms with E-state index in [0.29, 0.717) is 11.8 Å². The molecule has 0 unspecified atom stereocenters. The maximum atomic E-state index is 12.8. The first kappa shape index (κ1) is 15.2. The van der Waals surface area contributed by atoms with Gasteiger partial charge in [-0.2, -0.15) is 0 Å². The molecule has 1 amide bonds. The summed E-state index contributed by atoms with van der Waals surface area (Å²) in [6.45, 7) is 4.85. The van der Waals surface area contributed by atoms with Crippen LogP contribution >= 0.6 is 11.6 Å². The fourth-order valence-corrected chi connectivity index (χ4v) is 4.87. The van der Waals surface area contributed by atoms with Crippen molar-refractivity contribution in [2.75, 3.05) is 20.1 Å². The SMILES string of the molecule is CC1=N[C@]2(CC[C@H]3CN(Cc4cccc(Cl)c4)C[C@H]32)C(=O)N1C. The molecule has 1 saturated heterocycles. The quantitative estimate of drug-likeness (QED) is 0.835.